The van der Waals surface area contributed by atoms with Crippen molar-refractivity contribution in [2.24, 2.45) is 5.92 Å². The van der Waals surface area contributed by atoms with Gasteiger partial charge >= 0.3 is 6.03 Å². The zero-order valence-electron chi connectivity index (χ0n) is 10.5. The summed E-state index contributed by atoms with van der Waals surface area (Å²) in [7, 11) is 0. The number of carbonyl (C=O) groups excluding carboxylic acids is 2. The molecule has 6 nitrogen and oxygen atoms in total. The number of fused-ring (bicyclic) bond motifs is 1. The van der Waals surface area contributed by atoms with Crippen molar-refractivity contribution >= 4 is 17.8 Å². The standard InChI is InChI=1S/C12H16N4O2/c1-3-13-12(18)16-11-14-6-8-9(15-11)4-7(2)5-10(8)17/h6-7H,3-5H2,1-2H3,(H2,13,14,15,16,18)/t7-/m1/s1. The Hall–Kier alpha value is -1.98. The van der Waals surface area contributed by atoms with Gasteiger partial charge in [-0.15, -0.1) is 0 Å². The first-order valence-corrected chi connectivity index (χ1v) is 6.04. The largest absolute Gasteiger partial charge is 0.338 e. The van der Waals surface area contributed by atoms with Crippen LogP contribution in [0.25, 0.3) is 0 Å². The lowest BCUT2D eigenvalue weighted by Crippen LogP contribution is -2.29. The lowest BCUT2D eigenvalue weighted by Gasteiger charge is -2.19. The normalized spacial score (nSPS) is 18.1. The first kappa shape index (κ1) is 12.5. The van der Waals surface area contributed by atoms with Crippen molar-refractivity contribution in [3.63, 3.8) is 0 Å². The summed E-state index contributed by atoms with van der Waals surface area (Å²) in [6.45, 7) is 4.37. The maximum absolute atomic E-state index is 11.8. The highest BCUT2D eigenvalue weighted by Crippen LogP contribution is 2.23. The fraction of sp³-hybridized carbons (Fsp3) is 0.500. The number of rotatable bonds is 2. The van der Waals surface area contributed by atoms with E-state index < -0.39 is 0 Å². The van der Waals surface area contributed by atoms with Crippen molar-refractivity contribution in [3.05, 3.63) is 17.5 Å². The molecule has 2 amide bonds. The third-order valence-electron chi connectivity index (χ3n) is 2.81. The summed E-state index contributed by atoms with van der Waals surface area (Å²) in [5, 5.41) is 5.13. The molecule has 2 rings (SSSR count). The van der Waals surface area contributed by atoms with Crippen LogP contribution in [-0.4, -0.2) is 28.3 Å². The molecule has 1 aromatic heterocycles. The van der Waals surface area contributed by atoms with E-state index >= 15 is 0 Å². The highest BCUT2D eigenvalue weighted by Gasteiger charge is 2.24. The van der Waals surface area contributed by atoms with Gasteiger partial charge in [0.25, 0.3) is 0 Å². The zero-order chi connectivity index (χ0) is 13.1. The first-order chi connectivity index (χ1) is 8.60. The number of aromatic nitrogens is 2. The maximum atomic E-state index is 11.8. The van der Waals surface area contributed by atoms with E-state index in [1.807, 2.05) is 13.8 Å². The molecule has 1 heterocycles. The monoisotopic (exact) mass is 248 g/mol. The summed E-state index contributed by atoms with van der Waals surface area (Å²) < 4.78 is 0. The second-order valence-corrected chi connectivity index (χ2v) is 4.48. The van der Waals surface area contributed by atoms with E-state index in [0.717, 1.165) is 12.1 Å². The van der Waals surface area contributed by atoms with Gasteiger partial charge in [-0.05, 0) is 19.3 Å². The van der Waals surface area contributed by atoms with Crippen LogP contribution >= 0.6 is 0 Å². The van der Waals surface area contributed by atoms with Gasteiger partial charge in [0.15, 0.2) is 5.78 Å². The molecule has 2 N–H and O–H groups in total. The number of hydrogen-bond acceptors (Lipinski definition) is 4. The number of nitrogens with one attached hydrogen (secondary N) is 2. The van der Waals surface area contributed by atoms with E-state index in [9.17, 15) is 9.59 Å². The Balaban J connectivity index is 2.19. The molecular weight excluding hydrogens is 232 g/mol. The summed E-state index contributed by atoms with van der Waals surface area (Å²) in [4.78, 5) is 31.3. The average Bonchev–Trinajstić information content (AvgIpc) is 2.28. The number of ketones is 1. The Labute approximate surface area is 105 Å². The van der Waals surface area contributed by atoms with Crippen molar-refractivity contribution in [1.29, 1.82) is 0 Å². The zero-order valence-corrected chi connectivity index (χ0v) is 10.5. The molecule has 0 fully saturated rings. The van der Waals surface area contributed by atoms with Crippen LogP contribution in [0.1, 0.15) is 36.3 Å². The Bertz CT molecular complexity index is 487. The third kappa shape index (κ3) is 2.64. The number of Topliss-reactive ketones (excluding diaryl/α,β-unsaturated/α-hetero) is 1. The summed E-state index contributed by atoms with van der Waals surface area (Å²) in [6.07, 6.45) is 2.78. The van der Waals surface area contributed by atoms with Gasteiger partial charge < -0.3 is 5.32 Å². The van der Waals surface area contributed by atoms with Crippen molar-refractivity contribution < 1.29 is 9.59 Å². The molecule has 96 valence electrons. The van der Waals surface area contributed by atoms with Crippen LogP contribution in [0, 0.1) is 5.92 Å². The summed E-state index contributed by atoms with van der Waals surface area (Å²) in [6, 6.07) is -0.340. The molecule has 0 radical (unpaired) electrons. The van der Waals surface area contributed by atoms with E-state index in [0.29, 0.717) is 18.5 Å². The summed E-state index contributed by atoms with van der Waals surface area (Å²) >= 11 is 0. The Morgan fingerprint density at radius 1 is 1.50 bits per heavy atom. The third-order valence-corrected chi connectivity index (χ3v) is 2.81. The van der Waals surface area contributed by atoms with Crippen molar-refractivity contribution in [1.82, 2.24) is 15.3 Å². The molecule has 6 heteroatoms. The topological polar surface area (TPSA) is 84.0 Å². The first-order valence-electron chi connectivity index (χ1n) is 6.04. The van der Waals surface area contributed by atoms with Gasteiger partial charge in [0, 0.05) is 19.2 Å². The fourth-order valence-corrected chi connectivity index (χ4v) is 2.00. The maximum Gasteiger partial charge on any atom is 0.321 e. The van der Waals surface area contributed by atoms with Crippen LogP contribution < -0.4 is 10.6 Å². The van der Waals surface area contributed by atoms with Gasteiger partial charge in [-0.1, -0.05) is 6.92 Å². The number of carbonyl (C=O) groups is 2. The molecule has 18 heavy (non-hydrogen) atoms. The molecule has 0 unspecified atom stereocenters. The summed E-state index contributed by atoms with van der Waals surface area (Å²) in [5.74, 6) is 0.604. The average molecular weight is 248 g/mol. The second kappa shape index (κ2) is 5.12. The lowest BCUT2D eigenvalue weighted by molar-refractivity contribution is 0.0951. The molecule has 1 aliphatic carbocycles. The molecular formula is C12H16N4O2. The van der Waals surface area contributed by atoms with Crippen LogP contribution in [-0.2, 0) is 6.42 Å². The quantitative estimate of drug-likeness (QED) is 0.828. The molecule has 0 bridgehead atoms. The smallest absolute Gasteiger partial charge is 0.321 e. The number of urea groups is 1. The van der Waals surface area contributed by atoms with E-state index in [1.54, 1.807) is 0 Å². The molecule has 1 aromatic rings. The van der Waals surface area contributed by atoms with Gasteiger partial charge in [-0.25, -0.2) is 14.8 Å². The van der Waals surface area contributed by atoms with Gasteiger partial charge in [0.05, 0.1) is 11.3 Å². The van der Waals surface area contributed by atoms with Crippen molar-refractivity contribution in [2.75, 3.05) is 11.9 Å². The molecule has 1 atom stereocenters. The van der Waals surface area contributed by atoms with Crippen LogP contribution in [0.3, 0.4) is 0 Å². The van der Waals surface area contributed by atoms with Crippen LogP contribution in [0.2, 0.25) is 0 Å². The molecule has 1 aliphatic rings. The van der Waals surface area contributed by atoms with E-state index in [1.165, 1.54) is 6.20 Å². The number of anilines is 1. The number of hydrogen-bond donors (Lipinski definition) is 2. The van der Waals surface area contributed by atoms with Crippen LogP contribution in [0.4, 0.5) is 10.7 Å². The highest BCUT2D eigenvalue weighted by molar-refractivity contribution is 5.98. The van der Waals surface area contributed by atoms with Crippen LogP contribution in [0.5, 0.6) is 0 Å². The Morgan fingerprint density at radius 2 is 2.28 bits per heavy atom. The minimum atomic E-state index is -0.340. The van der Waals surface area contributed by atoms with Gasteiger partial charge in [-0.3, -0.25) is 10.1 Å². The fourth-order valence-electron chi connectivity index (χ4n) is 2.00. The molecule has 0 aromatic carbocycles. The molecule has 0 aliphatic heterocycles. The van der Waals surface area contributed by atoms with Crippen molar-refractivity contribution in [3.8, 4) is 0 Å². The molecule has 0 spiro atoms. The molecule has 0 saturated heterocycles. The van der Waals surface area contributed by atoms with E-state index in [4.69, 9.17) is 0 Å². The second-order valence-electron chi connectivity index (χ2n) is 4.48. The molecule has 0 saturated carbocycles. The van der Waals surface area contributed by atoms with Gasteiger partial charge in [0.2, 0.25) is 5.95 Å². The highest BCUT2D eigenvalue weighted by atomic mass is 16.2. The Morgan fingerprint density at radius 3 is 3.00 bits per heavy atom. The SMILES string of the molecule is CCNC(=O)Nc1ncc2c(n1)C[C@@H](C)CC2=O. The summed E-state index contributed by atoms with van der Waals surface area (Å²) in [5.41, 5.74) is 1.30. The number of nitrogens with zero attached hydrogens (tertiary/aromatic N) is 2. The predicted octanol–water partition coefficient (Wildman–Crippen LogP) is 1.38. The lowest BCUT2D eigenvalue weighted by atomic mass is 9.88. The van der Waals surface area contributed by atoms with Crippen LogP contribution in [0.15, 0.2) is 6.20 Å². The number of amides is 2. The van der Waals surface area contributed by atoms with Crippen molar-refractivity contribution in [2.45, 2.75) is 26.7 Å². The Kier molecular flexibility index (Phi) is 3.55. The van der Waals surface area contributed by atoms with Gasteiger partial charge in [-0.2, -0.15) is 0 Å². The minimum Gasteiger partial charge on any atom is -0.338 e. The minimum absolute atomic E-state index is 0.0771. The van der Waals surface area contributed by atoms with E-state index in [2.05, 4.69) is 20.6 Å². The van der Waals surface area contributed by atoms with E-state index in [-0.39, 0.29) is 23.7 Å². The predicted molar refractivity (Wildman–Crippen MR) is 66.5 cm³/mol. The van der Waals surface area contributed by atoms with Gasteiger partial charge in [0.1, 0.15) is 0 Å².